The van der Waals surface area contributed by atoms with Crippen LogP contribution in [0.1, 0.15) is 41.7 Å². The Bertz CT molecular complexity index is 1940. The molecule has 2 saturated heterocycles. The van der Waals surface area contributed by atoms with E-state index in [0.29, 0.717) is 44.7 Å². The summed E-state index contributed by atoms with van der Waals surface area (Å²) in [5.74, 6) is -0.907. The lowest BCUT2D eigenvalue weighted by molar-refractivity contribution is -0.0734. The van der Waals surface area contributed by atoms with Crippen molar-refractivity contribution < 1.29 is 13.5 Å². The molecule has 0 bridgehead atoms. The molecule has 46 heavy (non-hydrogen) atoms. The number of nitrogens with one attached hydrogen (secondary N) is 2. The van der Waals surface area contributed by atoms with Gasteiger partial charge in [0.25, 0.3) is 0 Å². The summed E-state index contributed by atoms with van der Waals surface area (Å²) in [6.45, 7) is 3.55. The van der Waals surface area contributed by atoms with Crippen LogP contribution < -0.4 is 10.6 Å². The molecule has 1 atom stereocenters. The predicted molar refractivity (Wildman–Crippen MR) is 172 cm³/mol. The number of fused-ring (bicyclic) bond motifs is 1. The molecule has 3 aromatic carbocycles. The summed E-state index contributed by atoms with van der Waals surface area (Å²) in [5, 5.41) is 26.5. The number of aromatic nitrogens is 4. The predicted octanol–water partition coefficient (Wildman–Crippen LogP) is 7.26. The number of pyridine rings is 1. The second-order valence-electron chi connectivity index (χ2n) is 11.5. The third-order valence-corrected chi connectivity index (χ3v) is 9.16. The first-order valence-electron chi connectivity index (χ1n) is 14.9. The van der Waals surface area contributed by atoms with Crippen LogP contribution in [0.15, 0.2) is 67.0 Å². The van der Waals surface area contributed by atoms with Gasteiger partial charge in [0.1, 0.15) is 23.4 Å². The average molecular weight is 662 g/mol. The van der Waals surface area contributed by atoms with Crippen LogP contribution in [0, 0.1) is 23.0 Å². The van der Waals surface area contributed by atoms with Crippen molar-refractivity contribution in [2.24, 2.45) is 0 Å². The van der Waals surface area contributed by atoms with Crippen molar-refractivity contribution in [1.29, 1.82) is 5.26 Å². The molecule has 234 valence electrons. The van der Waals surface area contributed by atoms with E-state index in [1.807, 2.05) is 16.9 Å². The molecule has 2 fully saturated rings. The Kier molecular flexibility index (Phi) is 8.44. The number of benzene rings is 3. The van der Waals surface area contributed by atoms with E-state index >= 15 is 0 Å². The van der Waals surface area contributed by atoms with Crippen molar-refractivity contribution in [3.05, 3.63) is 105 Å². The third-order valence-electron chi connectivity index (χ3n) is 8.58. The lowest BCUT2D eigenvalue weighted by atomic mass is 10.0. The fraction of sp³-hybridized carbons (Fsp3) is 0.273. The Morgan fingerprint density at radius 3 is 2.41 bits per heavy atom. The van der Waals surface area contributed by atoms with Gasteiger partial charge < -0.3 is 15.4 Å². The summed E-state index contributed by atoms with van der Waals surface area (Å²) in [5.41, 5.74) is 3.67. The molecule has 0 unspecified atom stereocenters. The van der Waals surface area contributed by atoms with Gasteiger partial charge in [0.2, 0.25) is 0 Å². The average Bonchev–Trinajstić information content (AvgIpc) is 3.52. The summed E-state index contributed by atoms with van der Waals surface area (Å²) in [6.07, 6.45) is 5.28. The molecule has 0 radical (unpaired) electrons. The van der Waals surface area contributed by atoms with E-state index in [0.717, 1.165) is 44.7 Å². The standard InChI is InChI=1S/C33H28Cl2F2N8O/c34-27-12-22(5-6-29(27)37)40-31-20(14-38)15-39-33-26(31)11-23(13-28(33)35)41-32(19-1-3-21(36)4-2-19)30-16-45(43-42-30)24-7-9-44(10-8-24)25-17-46-18-25/h1-6,11-13,15-16,24-25,32,41H,7-10,17-18H2,(H,39,40)/t32-/m0/s1. The molecule has 9 nitrogen and oxygen atoms in total. The lowest BCUT2D eigenvalue weighted by Gasteiger charge is -2.41. The van der Waals surface area contributed by atoms with Crippen LogP contribution in [0.3, 0.4) is 0 Å². The van der Waals surface area contributed by atoms with Gasteiger partial charge in [-0.3, -0.25) is 9.88 Å². The fourth-order valence-corrected chi connectivity index (χ4v) is 6.43. The molecule has 2 N–H and O–H groups in total. The number of hydrogen-bond acceptors (Lipinski definition) is 8. The van der Waals surface area contributed by atoms with Crippen LogP contribution in [-0.4, -0.2) is 57.2 Å². The highest BCUT2D eigenvalue weighted by atomic mass is 35.5. The highest BCUT2D eigenvalue weighted by Gasteiger charge is 2.31. The van der Waals surface area contributed by atoms with Gasteiger partial charge in [-0.25, -0.2) is 13.5 Å². The molecule has 0 amide bonds. The quantitative estimate of drug-likeness (QED) is 0.179. The topological polar surface area (TPSA) is 104 Å². The molecule has 5 aromatic rings. The molecule has 2 aromatic heterocycles. The van der Waals surface area contributed by atoms with E-state index in [9.17, 15) is 14.0 Å². The van der Waals surface area contributed by atoms with Crippen molar-refractivity contribution in [2.75, 3.05) is 36.9 Å². The number of hydrogen-bond donors (Lipinski definition) is 2. The monoisotopic (exact) mass is 660 g/mol. The molecule has 0 aliphatic carbocycles. The van der Waals surface area contributed by atoms with Crippen LogP contribution in [0.5, 0.6) is 0 Å². The molecule has 7 rings (SSSR count). The van der Waals surface area contributed by atoms with Crippen LogP contribution in [0.25, 0.3) is 10.9 Å². The summed E-state index contributed by atoms with van der Waals surface area (Å²) in [4.78, 5) is 6.90. The summed E-state index contributed by atoms with van der Waals surface area (Å²) >= 11 is 12.8. The lowest BCUT2D eigenvalue weighted by Crippen LogP contribution is -2.51. The molecular weight excluding hydrogens is 633 g/mol. The summed E-state index contributed by atoms with van der Waals surface area (Å²) in [6, 6.07) is 16.4. The van der Waals surface area contributed by atoms with Crippen molar-refractivity contribution in [3.63, 3.8) is 0 Å². The first-order chi connectivity index (χ1) is 22.4. The maximum Gasteiger partial charge on any atom is 0.141 e. The Labute approximate surface area is 273 Å². The largest absolute Gasteiger partial charge is 0.378 e. The maximum absolute atomic E-state index is 14.0. The Morgan fingerprint density at radius 1 is 0.957 bits per heavy atom. The van der Waals surface area contributed by atoms with Crippen LogP contribution >= 0.6 is 23.2 Å². The number of nitrogens with zero attached hydrogens (tertiary/aromatic N) is 6. The smallest absolute Gasteiger partial charge is 0.141 e. The van der Waals surface area contributed by atoms with E-state index < -0.39 is 11.9 Å². The summed E-state index contributed by atoms with van der Waals surface area (Å²) < 4.78 is 35.1. The molecular formula is C33H28Cl2F2N8O. The number of anilines is 3. The van der Waals surface area contributed by atoms with Gasteiger partial charge in [-0.05, 0) is 60.9 Å². The van der Waals surface area contributed by atoms with E-state index in [4.69, 9.17) is 27.9 Å². The SMILES string of the molecule is N#Cc1cnc2c(Cl)cc(N[C@@H](c3ccc(F)cc3)c3cn(C4CCN(C5COC5)CC4)nn3)cc2c1Nc1ccc(F)c(Cl)c1. The van der Waals surface area contributed by atoms with Crippen molar-refractivity contribution in [1.82, 2.24) is 24.9 Å². The third kappa shape index (κ3) is 6.09. The van der Waals surface area contributed by atoms with Gasteiger partial charge >= 0.3 is 0 Å². The highest BCUT2D eigenvalue weighted by Crippen LogP contribution is 2.37. The Hall–Kier alpha value is -4.34. The minimum atomic E-state index is -0.556. The molecule has 0 spiro atoms. The zero-order chi connectivity index (χ0) is 31.8. The molecule has 13 heteroatoms. The van der Waals surface area contributed by atoms with Gasteiger partial charge in [0.15, 0.2) is 0 Å². The first kappa shape index (κ1) is 30.3. The molecule has 2 aliphatic heterocycles. The Morgan fingerprint density at radius 2 is 1.72 bits per heavy atom. The van der Waals surface area contributed by atoms with Crippen LogP contribution in [-0.2, 0) is 4.74 Å². The maximum atomic E-state index is 14.0. The van der Waals surface area contributed by atoms with E-state index in [-0.39, 0.29) is 22.4 Å². The number of ether oxygens (including phenoxy) is 1. The summed E-state index contributed by atoms with van der Waals surface area (Å²) in [7, 11) is 0. The minimum Gasteiger partial charge on any atom is -0.378 e. The number of nitriles is 1. The van der Waals surface area contributed by atoms with Crippen molar-refractivity contribution in [3.8, 4) is 6.07 Å². The van der Waals surface area contributed by atoms with Gasteiger partial charge in [-0.2, -0.15) is 5.26 Å². The van der Waals surface area contributed by atoms with Gasteiger partial charge in [-0.1, -0.05) is 40.5 Å². The van der Waals surface area contributed by atoms with E-state index in [2.05, 4.69) is 36.9 Å². The molecule has 4 heterocycles. The van der Waals surface area contributed by atoms with Crippen LogP contribution in [0.2, 0.25) is 10.0 Å². The van der Waals surface area contributed by atoms with Gasteiger partial charge in [-0.15, -0.1) is 5.10 Å². The number of likely N-dealkylation sites (tertiary alicyclic amines) is 1. The Balaban J connectivity index is 1.22. The molecule has 2 aliphatic rings. The second-order valence-corrected chi connectivity index (χ2v) is 12.3. The fourth-order valence-electron chi connectivity index (χ4n) is 5.98. The first-order valence-corrected chi connectivity index (χ1v) is 15.6. The van der Waals surface area contributed by atoms with Crippen LogP contribution in [0.4, 0.5) is 25.8 Å². The van der Waals surface area contributed by atoms with Gasteiger partial charge in [0, 0.05) is 36.0 Å². The van der Waals surface area contributed by atoms with Crippen molar-refractivity contribution >= 4 is 51.2 Å². The number of halogens is 4. The van der Waals surface area contributed by atoms with E-state index in [1.165, 1.54) is 36.5 Å². The second kappa shape index (κ2) is 12.8. The minimum absolute atomic E-state index is 0.0593. The van der Waals surface area contributed by atoms with Gasteiger partial charge in [0.05, 0.1) is 64.3 Å². The highest BCUT2D eigenvalue weighted by molar-refractivity contribution is 6.36. The number of piperidine rings is 1. The zero-order valence-electron chi connectivity index (χ0n) is 24.4. The van der Waals surface area contributed by atoms with E-state index in [1.54, 1.807) is 18.2 Å². The number of rotatable bonds is 8. The van der Waals surface area contributed by atoms with Crippen molar-refractivity contribution in [2.45, 2.75) is 31.0 Å². The molecule has 0 saturated carbocycles. The zero-order valence-corrected chi connectivity index (χ0v) is 25.9. The normalized spacial score (nSPS) is 16.6.